The minimum Gasteiger partial charge on any atom is -0.478 e. The maximum Gasteiger partial charge on any atom is 0.339 e. The van der Waals surface area contributed by atoms with Gasteiger partial charge in [-0.3, -0.25) is 4.90 Å². The predicted octanol–water partition coefficient (Wildman–Crippen LogP) is 1.02. The molecule has 0 fully saturated rings. The summed E-state index contributed by atoms with van der Waals surface area (Å²) in [5, 5.41) is 12.0. The molecule has 0 atom stereocenters. The van der Waals surface area contributed by atoms with Crippen molar-refractivity contribution in [3.8, 4) is 0 Å². The van der Waals surface area contributed by atoms with E-state index in [1.807, 2.05) is 19.0 Å². The molecule has 2 N–H and O–H groups in total. The lowest BCUT2D eigenvalue weighted by molar-refractivity contribution is 0.0693. The largest absolute Gasteiger partial charge is 0.478 e. The quantitative estimate of drug-likeness (QED) is 0.679. The Morgan fingerprint density at radius 2 is 2.38 bits per heavy atom. The first-order valence-corrected chi connectivity index (χ1v) is 5.28. The van der Waals surface area contributed by atoms with Crippen LogP contribution in [0.5, 0.6) is 0 Å². The lowest BCUT2D eigenvalue weighted by Crippen LogP contribution is -2.23. The van der Waals surface area contributed by atoms with E-state index in [4.69, 9.17) is 9.52 Å². The number of hydrogen-bond donors (Lipinski definition) is 2. The van der Waals surface area contributed by atoms with Crippen LogP contribution in [-0.2, 0) is 6.54 Å². The van der Waals surface area contributed by atoms with Gasteiger partial charge in [0.25, 0.3) is 0 Å². The van der Waals surface area contributed by atoms with E-state index in [2.05, 4.69) is 5.32 Å². The summed E-state index contributed by atoms with van der Waals surface area (Å²) in [5.74, 6) is -0.424. The van der Waals surface area contributed by atoms with Crippen molar-refractivity contribution in [3.05, 3.63) is 23.7 Å². The van der Waals surface area contributed by atoms with Crippen molar-refractivity contribution >= 4 is 5.97 Å². The lowest BCUT2D eigenvalue weighted by atomic mass is 10.2. The molecule has 0 unspecified atom stereocenters. The molecular formula is C11H18N2O3. The smallest absolute Gasteiger partial charge is 0.339 e. The summed E-state index contributed by atoms with van der Waals surface area (Å²) in [6.07, 6.45) is 2.44. The molecule has 0 amide bonds. The van der Waals surface area contributed by atoms with E-state index in [9.17, 15) is 4.79 Å². The SMILES string of the molecule is CNCCCN(C)Cc1occc1C(=O)O. The van der Waals surface area contributed by atoms with Crippen molar-refractivity contribution in [1.82, 2.24) is 10.2 Å². The van der Waals surface area contributed by atoms with E-state index < -0.39 is 5.97 Å². The second-order valence-corrected chi connectivity index (χ2v) is 3.76. The highest BCUT2D eigenvalue weighted by molar-refractivity contribution is 5.88. The van der Waals surface area contributed by atoms with Gasteiger partial charge in [0.2, 0.25) is 0 Å². The first-order valence-electron chi connectivity index (χ1n) is 5.28. The van der Waals surface area contributed by atoms with Crippen LogP contribution in [0.15, 0.2) is 16.7 Å². The van der Waals surface area contributed by atoms with Crippen LogP contribution in [0.25, 0.3) is 0 Å². The molecule has 0 saturated carbocycles. The molecule has 5 nitrogen and oxygen atoms in total. The van der Waals surface area contributed by atoms with Gasteiger partial charge < -0.3 is 14.8 Å². The Morgan fingerprint density at radius 1 is 1.62 bits per heavy atom. The summed E-state index contributed by atoms with van der Waals surface area (Å²) >= 11 is 0. The van der Waals surface area contributed by atoms with Crippen LogP contribution < -0.4 is 5.32 Å². The molecule has 90 valence electrons. The Kier molecular flexibility index (Phi) is 5.01. The van der Waals surface area contributed by atoms with Gasteiger partial charge in [0, 0.05) is 0 Å². The van der Waals surface area contributed by atoms with Gasteiger partial charge >= 0.3 is 5.97 Å². The van der Waals surface area contributed by atoms with Crippen LogP contribution >= 0.6 is 0 Å². The third-order valence-corrected chi connectivity index (χ3v) is 2.36. The van der Waals surface area contributed by atoms with E-state index in [0.29, 0.717) is 12.3 Å². The number of nitrogens with one attached hydrogen (secondary N) is 1. The highest BCUT2D eigenvalue weighted by atomic mass is 16.4. The zero-order chi connectivity index (χ0) is 12.0. The fourth-order valence-corrected chi connectivity index (χ4v) is 1.50. The van der Waals surface area contributed by atoms with E-state index in [1.54, 1.807) is 0 Å². The topological polar surface area (TPSA) is 65.7 Å². The van der Waals surface area contributed by atoms with Crippen molar-refractivity contribution in [1.29, 1.82) is 0 Å². The average Bonchev–Trinajstić information content (AvgIpc) is 2.66. The zero-order valence-corrected chi connectivity index (χ0v) is 9.69. The van der Waals surface area contributed by atoms with E-state index in [-0.39, 0.29) is 5.56 Å². The van der Waals surface area contributed by atoms with Crippen molar-refractivity contribution in [2.45, 2.75) is 13.0 Å². The lowest BCUT2D eigenvalue weighted by Gasteiger charge is -2.15. The van der Waals surface area contributed by atoms with Crippen LogP contribution in [-0.4, -0.2) is 43.2 Å². The summed E-state index contributed by atoms with van der Waals surface area (Å²) in [6, 6.07) is 1.49. The highest BCUT2D eigenvalue weighted by Gasteiger charge is 2.14. The minimum atomic E-state index is -0.938. The number of carboxylic acid groups (broad SMARTS) is 1. The third-order valence-electron chi connectivity index (χ3n) is 2.36. The summed E-state index contributed by atoms with van der Waals surface area (Å²) in [6.45, 7) is 2.38. The normalized spacial score (nSPS) is 10.9. The Labute approximate surface area is 95.0 Å². The van der Waals surface area contributed by atoms with Gasteiger partial charge in [-0.2, -0.15) is 0 Å². The molecule has 1 heterocycles. The molecule has 5 heteroatoms. The fourth-order valence-electron chi connectivity index (χ4n) is 1.50. The molecule has 0 bridgehead atoms. The molecule has 0 saturated heterocycles. The van der Waals surface area contributed by atoms with Crippen LogP contribution in [0.1, 0.15) is 22.5 Å². The van der Waals surface area contributed by atoms with Gasteiger partial charge in [-0.1, -0.05) is 0 Å². The number of rotatable bonds is 7. The second kappa shape index (κ2) is 6.30. The van der Waals surface area contributed by atoms with E-state index in [0.717, 1.165) is 19.5 Å². The van der Waals surface area contributed by atoms with E-state index in [1.165, 1.54) is 12.3 Å². The Morgan fingerprint density at radius 3 is 3.00 bits per heavy atom. The van der Waals surface area contributed by atoms with Crippen LogP contribution in [0.3, 0.4) is 0 Å². The monoisotopic (exact) mass is 226 g/mol. The number of carboxylic acids is 1. The molecule has 16 heavy (non-hydrogen) atoms. The highest BCUT2D eigenvalue weighted by Crippen LogP contribution is 2.12. The Hall–Kier alpha value is -1.33. The predicted molar refractivity (Wildman–Crippen MR) is 60.5 cm³/mol. The van der Waals surface area contributed by atoms with Gasteiger partial charge in [0.15, 0.2) is 0 Å². The van der Waals surface area contributed by atoms with Gasteiger partial charge in [0.05, 0.1) is 12.8 Å². The van der Waals surface area contributed by atoms with Gasteiger partial charge in [0.1, 0.15) is 11.3 Å². The van der Waals surface area contributed by atoms with Gasteiger partial charge in [-0.05, 0) is 39.7 Å². The number of nitrogens with zero attached hydrogens (tertiary/aromatic N) is 1. The molecule has 0 aliphatic heterocycles. The number of aromatic carboxylic acids is 1. The van der Waals surface area contributed by atoms with Crippen LogP contribution in [0.2, 0.25) is 0 Å². The molecule has 1 aromatic heterocycles. The Balaban J connectivity index is 2.46. The van der Waals surface area contributed by atoms with Crippen molar-refractivity contribution in [3.63, 3.8) is 0 Å². The van der Waals surface area contributed by atoms with Crippen molar-refractivity contribution < 1.29 is 14.3 Å². The van der Waals surface area contributed by atoms with Crippen LogP contribution in [0, 0.1) is 0 Å². The summed E-state index contributed by atoms with van der Waals surface area (Å²) in [7, 11) is 3.86. The number of furan rings is 1. The van der Waals surface area contributed by atoms with Gasteiger partial charge in [-0.15, -0.1) is 0 Å². The molecule has 0 radical (unpaired) electrons. The summed E-state index contributed by atoms with van der Waals surface area (Å²) in [5.41, 5.74) is 0.250. The zero-order valence-electron chi connectivity index (χ0n) is 9.69. The molecular weight excluding hydrogens is 208 g/mol. The van der Waals surface area contributed by atoms with Crippen LogP contribution in [0.4, 0.5) is 0 Å². The maximum absolute atomic E-state index is 10.8. The van der Waals surface area contributed by atoms with Crippen molar-refractivity contribution in [2.24, 2.45) is 0 Å². The van der Waals surface area contributed by atoms with Crippen molar-refractivity contribution in [2.75, 3.05) is 27.2 Å². The average molecular weight is 226 g/mol. The fraction of sp³-hybridized carbons (Fsp3) is 0.545. The van der Waals surface area contributed by atoms with Gasteiger partial charge in [-0.25, -0.2) is 4.79 Å². The molecule has 0 aliphatic rings. The molecule has 0 aromatic carbocycles. The Bertz CT molecular complexity index is 336. The number of carbonyl (C=O) groups is 1. The maximum atomic E-state index is 10.8. The molecule has 0 spiro atoms. The third kappa shape index (κ3) is 3.67. The minimum absolute atomic E-state index is 0.250. The summed E-state index contributed by atoms with van der Waals surface area (Å²) in [4.78, 5) is 12.9. The first kappa shape index (κ1) is 12.7. The molecule has 1 rings (SSSR count). The number of hydrogen-bond acceptors (Lipinski definition) is 4. The van der Waals surface area contributed by atoms with E-state index >= 15 is 0 Å². The summed E-state index contributed by atoms with van der Waals surface area (Å²) < 4.78 is 5.16. The standard InChI is InChI=1S/C11H18N2O3/c1-12-5-3-6-13(2)8-10-9(11(14)15)4-7-16-10/h4,7,12H,3,5-6,8H2,1-2H3,(H,14,15). The first-order chi connectivity index (χ1) is 7.65. The second-order valence-electron chi connectivity index (χ2n) is 3.76. The molecule has 1 aromatic rings. The molecule has 0 aliphatic carbocycles.